The number of methoxy groups -OCH3 is 1. The number of aliphatic hydroxyl groups excluding tert-OH is 1. The van der Waals surface area contributed by atoms with Gasteiger partial charge in [-0.2, -0.15) is 9.61 Å². The largest absolute Gasteiger partial charge is 0.497 e. The molecule has 7 nitrogen and oxygen atoms in total. The van der Waals surface area contributed by atoms with Crippen molar-refractivity contribution in [2.75, 3.05) is 13.7 Å². The van der Waals surface area contributed by atoms with E-state index in [0.717, 1.165) is 17.1 Å². The average Bonchev–Trinajstić information content (AvgIpc) is 2.99. The van der Waals surface area contributed by atoms with Crippen LogP contribution in [0.3, 0.4) is 0 Å². The monoisotopic (exact) mass is 343 g/mol. The highest BCUT2D eigenvalue weighted by Gasteiger charge is 2.13. The maximum absolute atomic E-state index is 12.0. The van der Waals surface area contributed by atoms with Crippen LogP contribution in [0.2, 0.25) is 0 Å². The summed E-state index contributed by atoms with van der Waals surface area (Å²) < 4.78 is 13.9. The zero-order valence-electron chi connectivity index (χ0n) is 14.5. The molecule has 0 spiro atoms. The van der Waals surface area contributed by atoms with Crippen molar-refractivity contribution in [3.63, 3.8) is 0 Å². The Kier molecular flexibility index (Phi) is 4.76. The number of aliphatic hydroxyl groups is 1. The Morgan fingerprint density at radius 3 is 2.52 bits per heavy atom. The second-order valence-electron chi connectivity index (χ2n) is 5.93. The zero-order chi connectivity index (χ0) is 18.0. The number of hydrogen-bond donors (Lipinski definition) is 1. The lowest BCUT2D eigenvalue weighted by molar-refractivity contribution is 0.0926. The van der Waals surface area contributed by atoms with E-state index >= 15 is 0 Å². The lowest BCUT2D eigenvalue weighted by Crippen LogP contribution is -2.27. The van der Waals surface area contributed by atoms with Gasteiger partial charge >= 0.3 is 0 Å². The van der Waals surface area contributed by atoms with Crippen molar-refractivity contribution < 1.29 is 14.6 Å². The van der Waals surface area contributed by atoms with Gasteiger partial charge in [0, 0.05) is 17.8 Å². The standard InChI is InChI=1S/C18H21N3O4/c1-12-8-17-20(13(2)9-18(23)21(17)19-12)10-14(22)11-25-16-6-4-15(24-3)5-7-16/h4-9,14,22H,10-11H2,1-3H3. The molecule has 0 radical (unpaired) electrons. The Morgan fingerprint density at radius 1 is 1.16 bits per heavy atom. The zero-order valence-corrected chi connectivity index (χ0v) is 14.5. The third-order valence-electron chi connectivity index (χ3n) is 3.95. The Labute approximate surface area is 145 Å². The predicted octanol–water partition coefficient (Wildman–Crippen LogP) is 1.56. The summed E-state index contributed by atoms with van der Waals surface area (Å²) in [7, 11) is 1.60. The first-order valence-corrected chi connectivity index (χ1v) is 7.99. The molecule has 0 aliphatic heterocycles. The van der Waals surface area contributed by atoms with Gasteiger partial charge in [0.25, 0.3) is 5.56 Å². The van der Waals surface area contributed by atoms with Crippen LogP contribution in [0.5, 0.6) is 11.5 Å². The number of hydrogen-bond acceptors (Lipinski definition) is 5. The minimum Gasteiger partial charge on any atom is -0.497 e. The highest BCUT2D eigenvalue weighted by atomic mass is 16.5. The summed E-state index contributed by atoms with van der Waals surface area (Å²) >= 11 is 0. The van der Waals surface area contributed by atoms with Crippen LogP contribution in [0.4, 0.5) is 0 Å². The fourth-order valence-corrected chi connectivity index (χ4v) is 2.70. The van der Waals surface area contributed by atoms with Gasteiger partial charge in [-0.15, -0.1) is 0 Å². The molecule has 2 heterocycles. The fourth-order valence-electron chi connectivity index (χ4n) is 2.70. The molecule has 0 aliphatic carbocycles. The first kappa shape index (κ1) is 17.0. The Bertz CT molecular complexity index is 928. The SMILES string of the molecule is COc1ccc(OCC(O)Cn2c(C)cc(=O)n3nc(C)cc23)cc1. The number of aryl methyl sites for hydroxylation is 2. The van der Waals surface area contributed by atoms with E-state index in [1.807, 2.05) is 24.5 Å². The van der Waals surface area contributed by atoms with E-state index in [4.69, 9.17) is 9.47 Å². The van der Waals surface area contributed by atoms with Crippen molar-refractivity contribution in [1.82, 2.24) is 14.2 Å². The molecule has 1 atom stereocenters. The molecule has 3 aromatic rings. The maximum Gasteiger partial charge on any atom is 0.274 e. The van der Waals surface area contributed by atoms with E-state index in [2.05, 4.69) is 5.10 Å². The second-order valence-corrected chi connectivity index (χ2v) is 5.93. The van der Waals surface area contributed by atoms with E-state index in [-0.39, 0.29) is 12.2 Å². The lowest BCUT2D eigenvalue weighted by Gasteiger charge is -2.17. The van der Waals surface area contributed by atoms with Crippen LogP contribution in [-0.2, 0) is 6.54 Å². The quantitative estimate of drug-likeness (QED) is 0.735. The molecule has 0 saturated heterocycles. The molecule has 1 aromatic carbocycles. The fraction of sp³-hybridized carbons (Fsp3) is 0.333. The van der Waals surface area contributed by atoms with Crippen LogP contribution < -0.4 is 15.0 Å². The van der Waals surface area contributed by atoms with E-state index in [1.54, 1.807) is 31.4 Å². The van der Waals surface area contributed by atoms with Crippen LogP contribution in [-0.4, -0.2) is 39.1 Å². The summed E-state index contributed by atoms with van der Waals surface area (Å²) in [5, 5.41) is 14.5. The van der Waals surface area contributed by atoms with Gasteiger partial charge in [-0.3, -0.25) is 4.79 Å². The number of fused-ring (bicyclic) bond motifs is 1. The normalized spacial score (nSPS) is 12.3. The molecule has 25 heavy (non-hydrogen) atoms. The van der Waals surface area contributed by atoms with Gasteiger partial charge < -0.3 is 19.1 Å². The Balaban J connectivity index is 1.73. The number of aromatic nitrogens is 3. The van der Waals surface area contributed by atoms with E-state index in [9.17, 15) is 9.90 Å². The molecule has 2 aromatic heterocycles. The van der Waals surface area contributed by atoms with Gasteiger partial charge in [-0.1, -0.05) is 0 Å². The first-order chi connectivity index (χ1) is 12.0. The van der Waals surface area contributed by atoms with Crippen LogP contribution >= 0.6 is 0 Å². The number of ether oxygens (including phenoxy) is 2. The molecule has 7 heteroatoms. The van der Waals surface area contributed by atoms with E-state index in [1.165, 1.54) is 10.6 Å². The van der Waals surface area contributed by atoms with Gasteiger partial charge in [0.1, 0.15) is 29.9 Å². The molecule has 0 aliphatic rings. The summed E-state index contributed by atoms with van der Waals surface area (Å²) in [6.45, 7) is 4.10. The van der Waals surface area contributed by atoms with Crippen molar-refractivity contribution in [1.29, 1.82) is 0 Å². The van der Waals surface area contributed by atoms with Gasteiger partial charge in [0.15, 0.2) is 0 Å². The molecule has 1 N–H and O–H groups in total. The number of nitrogens with zero attached hydrogens (tertiary/aromatic N) is 3. The van der Waals surface area contributed by atoms with Crippen LogP contribution in [0.25, 0.3) is 5.65 Å². The molecule has 132 valence electrons. The topological polar surface area (TPSA) is 78.0 Å². The van der Waals surface area contributed by atoms with Crippen molar-refractivity contribution in [3.8, 4) is 11.5 Å². The van der Waals surface area contributed by atoms with Crippen molar-refractivity contribution in [2.45, 2.75) is 26.5 Å². The predicted molar refractivity (Wildman–Crippen MR) is 93.4 cm³/mol. The summed E-state index contributed by atoms with van der Waals surface area (Å²) in [5.74, 6) is 1.40. The number of rotatable bonds is 6. The summed E-state index contributed by atoms with van der Waals surface area (Å²) in [5.41, 5.74) is 1.99. The molecule has 3 rings (SSSR count). The van der Waals surface area contributed by atoms with Gasteiger partial charge in [0.2, 0.25) is 0 Å². The molecule has 0 amide bonds. The summed E-state index contributed by atoms with van der Waals surface area (Å²) in [6, 6.07) is 10.5. The summed E-state index contributed by atoms with van der Waals surface area (Å²) in [4.78, 5) is 12.0. The van der Waals surface area contributed by atoms with Gasteiger partial charge in [0.05, 0.1) is 19.3 Å². The van der Waals surface area contributed by atoms with Gasteiger partial charge in [-0.05, 0) is 38.1 Å². The summed E-state index contributed by atoms with van der Waals surface area (Å²) in [6.07, 6.45) is -0.734. The second kappa shape index (κ2) is 6.98. The maximum atomic E-state index is 12.0. The van der Waals surface area contributed by atoms with Crippen molar-refractivity contribution in [3.05, 3.63) is 58.1 Å². The van der Waals surface area contributed by atoms with Crippen molar-refractivity contribution in [2.24, 2.45) is 0 Å². The third-order valence-corrected chi connectivity index (χ3v) is 3.95. The van der Waals surface area contributed by atoms with Crippen LogP contribution in [0, 0.1) is 13.8 Å². The van der Waals surface area contributed by atoms with E-state index in [0.29, 0.717) is 17.9 Å². The minimum absolute atomic E-state index is 0.136. The van der Waals surface area contributed by atoms with Gasteiger partial charge in [-0.25, -0.2) is 0 Å². The molecule has 0 saturated carbocycles. The molecule has 0 fully saturated rings. The molecular weight excluding hydrogens is 322 g/mol. The number of benzene rings is 1. The average molecular weight is 343 g/mol. The lowest BCUT2D eigenvalue weighted by atomic mass is 10.3. The van der Waals surface area contributed by atoms with Crippen LogP contribution in [0.15, 0.2) is 41.2 Å². The van der Waals surface area contributed by atoms with E-state index < -0.39 is 6.10 Å². The highest BCUT2D eigenvalue weighted by molar-refractivity contribution is 5.41. The Hall–Kier alpha value is -2.80. The highest BCUT2D eigenvalue weighted by Crippen LogP contribution is 2.17. The minimum atomic E-state index is -0.734. The third kappa shape index (κ3) is 3.66. The van der Waals surface area contributed by atoms with Crippen molar-refractivity contribution >= 4 is 5.65 Å². The molecular formula is C18H21N3O4. The molecule has 1 unspecified atom stereocenters. The first-order valence-electron chi connectivity index (χ1n) is 7.99. The molecule has 0 bridgehead atoms. The Morgan fingerprint density at radius 2 is 1.84 bits per heavy atom. The smallest absolute Gasteiger partial charge is 0.274 e. The van der Waals surface area contributed by atoms with Crippen LogP contribution in [0.1, 0.15) is 11.4 Å².